The van der Waals surface area contributed by atoms with Gasteiger partial charge in [-0.25, -0.2) is 0 Å². The van der Waals surface area contributed by atoms with Crippen LogP contribution in [0.15, 0.2) is 28.8 Å². The summed E-state index contributed by atoms with van der Waals surface area (Å²) in [5, 5.41) is 21.8. The molecule has 1 aromatic heterocycles. The molecular weight excluding hydrogens is 308 g/mol. The zero-order chi connectivity index (χ0) is 15.6. The number of alkyl halides is 1. The van der Waals surface area contributed by atoms with Gasteiger partial charge in [-0.2, -0.15) is 4.98 Å². The monoisotopic (exact) mass is 314 g/mol. The molecule has 0 amide bonds. The zero-order valence-corrected chi connectivity index (χ0v) is 11.2. The highest BCUT2D eigenvalue weighted by atomic mass is 35.5. The van der Waals surface area contributed by atoms with Gasteiger partial charge in [-0.3, -0.25) is 20.2 Å². The van der Waals surface area contributed by atoms with Crippen molar-refractivity contribution in [3.8, 4) is 17.1 Å². The van der Waals surface area contributed by atoms with Crippen LogP contribution in [0.5, 0.6) is 5.75 Å². The lowest BCUT2D eigenvalue weighted by molar-refractivity contribution is -0.782. The molecule has 11 heteroatoms. The average molecular weight is 315 g/mol. The van der Waals surface area contributed by atoms with Crippen LogP contribution in [-0.2, 0) is 5.12 Å². The molecule has 0 aliphatic carbocycles. The first-order valence-corrected chi connectivity index (χ1v) is 5.74. The number of benzene rings is 1. The first-order valence-electron chi connectivity index (χ1n) is 5.36. The second kappa shape index (κ2) is 5.32. The zero-order valence-electron chi connectivity index (χ0n) is 10.4. The van der Waals surface area contributed by atoms with E-state index in [1.54, 1.807) is 24.3 Å². The molecule has 0 saturated carbocycles. The normalized spacial score (nSPS) is 11.1. The van der Waals surface area contributed by atoms with Gasteiger partial charge in [0.15, 0.2) is 0 Å². The molecule has 0 radical (unpaired) electrons. The summed E-state index contributed by atoms with van der Waals surface area (Å²) in [4.78, 5) is 22.5. The molecule has 2 rings (SSSR count). The minimum absolute atomic E-state index is 0.0682. The van der Waals surface area contributed by atoms with E-state index in [1.807, 2.05) is 0 Å². The molecule has 10 nitrogen and oxygen atoms in total. The lowest BCUT2D eigenvalue weighted by atomic mass is 10.2. The van der Waals surface area contributed by atoms with Crippen LogP contribution < -0.4 is 4.74 Å². The third-order valence-corrected chi connectivity index (χ3v) is 2.97. The summed E-state index contributed by atoms with van der Waals surface area (Å²) in [5.74, 6) is -0.420. The highest BCUT2D eigenvalue weighted by Crippen LogP contribution is 2.30. The summed E-state index contributed by atoms with van der Waals surface area (Å²) in [6, 6.07) is 6.31. The fourth-order valence-electron chi connectivity index (χ4n) is 1.43. The van der Waals surface area contributed by atoms with Crippen LogP contribution in [-0.4, -0.2) is 27.1 Å². The molecule has 0 aliphatic rings. The number of hydrogen-bond acceptors (Lipinski definition) is 8. The molecule has 21 heavy (non-hydrogen) atoms. The Balaban J connectivity index is 2.40. The van der Waals surface area contributed by atoms with Crippen molar-refractivity contribution in [2.45, 2.75) is 5.12 Å². The molecule has 0 fully saturated rings. The number of ether oxygens (including phenoxy) is 1. The Bertz CT molecular complexity index is 671. The Kier molecular flexibility index (Phi) is 3.72. The van der Waals surface area contributed by atoms with Crippen LogP contribution in [0, 0.1) is 20.2 Å². The van der Waals surface area contributed by atoms with E-state index in [0.29, 0.717) is 11.3 Å². The molecule has 0 saturated heterocycles. The Morgan fingerprint density at radius 1 is 1.24 bits per heavy atom. The van der Waals surface area contributed by atoms with Crippen molar-refractivity contribution in [2.24, 2.45) is 0 Å². The van der Waals surface area contributed by atoms with Crippen LogP contribution in [0.25, 0.3) is 11.4 Å². The van der Waals surface area contributed by atoms with E-state index in [-0.39, 0.29) is 5.82 Å². The maximum absolute atomic E-state index is 10.8. The van der Waals surface area contributed by atoms with Gasteiger partial charge in [0.25, 0.3) is 0 Å². The third kappa shape index (κ3) is 2.48. The second-order valence-electron chi connectivity index (χ2n) is 3.75. The maximum Gasteiger partial charge on any atom is 0.616 e. The van der Waals surface area contributed by atoms with E-state index in [4.69, 9.17) is 16.3 Å². The highest BCUT2D eigenvalue weighted by Gasteiger charge is 2.63. The summed E-state index contributed by atoms with van der Waals surface area (Å²) >= 11 is 5.37. The standard InChI is InChI=1S/C10H7ClN4O6/c1-20-7-4-2-6(3-5-7)8-12-9(21-13-8)10(11,14(16)17)15(18)19/h2-5H,1H3. The van der Waals surface area contributed by atoms with Gasteiger partial charge in [-0.1, -0.05) is 5.16 Å². The summed E-state index contributed by atoms with van der Waals surface area (Å²) in [6.45, 7) is 0. The van der Waals surface area contributed by atoms with Crippen LogP contribution >= 0.6 is 11.6 Å². The van der Waals surface area contributed by atoms with Gasteiger partial charge in [0.2, 0.25) is 5.82 Å². The maximum atomic E-state index is 10.8. The van der Waals surface area contributed by atoms with Gasteiger partial charge in [0.1, 0.15) is 15.6 Å². The topological polar surface area (TPSA) is 134 Å². The fraction of sp³-hybridized carbons (Fsp3) is 0.200. The van der Waals surface area contributed by atoms with Crippen molar-refractivity contribution in [1.82, 2.24) is 10.1 Å². The van der Waals surface area contributed by atoms with Crippen LogP contribution in [0.1, 0.15) is 5.89 Å². The Hall–Kier alpha value is -2.75. The van der Waals surface area contributed by atoms with Crippen LogP contribution in [0.3, 0.4) is 0 Å². The lowest BCUT2D eigenvalue weighted by Crippen LogP contribution is -2.37. The Morgan fingerprint density at radius 2 is 1.81 bits per heavy atom. The predicted molar refractivity (Wildman–Crippen MR) is 67.8 cm³/mol. The lowest BCUT2D eigenvalue weighted by Gasteiger charge is -2.03. The number of nitrogens with zero attached hydrogens (tertiary/aromatic N) is 4. The molecule has 110 valence electrons. The number of rotatable bonds is 5. The molecule has 0 N–H and O–H groups in total. The third-order valence-electron chi connectivity index (χ3n) is 2.53. The van der Waals surface area contributed by atoms with Crippen LogP contribution in [0.2, 0.25) is 0 Å². The van der Waals surface area contributed by atoms with Gasteiger partial charge in [-0.05, 0) is 24.3 Å². The number of hydrogen-bond donors (Lipinski definition) is 0. The van der Waals surface area contributed by atoms with Crippen LogP contribution in [0.4, 0.5) is 0 Å². The van der Waals surface area contributed by atoms with E-state index >= 15 is 0 Å². The molecule has 0 spiro atoms. The molecule has 1 aromatic carbocycles. The largest absolute Gasteiger partial charge is 0.616 e. The van der Waals surface area contributed by atoms with Crippen molar-refractivity contribution in [3.05, 3.63) is 50.4 Å². The minimum Gasteiger partial charge on any atom is -0.497 e. The molecule has 1 heterocycles. The quantitative estimate of drug-likeness (QED) is 0.267. The number of halogens is 1. The van der Waals surface area contributed by atoms with Gasteiger partial charge in [0, 0.05) is 5.56 Å². The summed E-state index contributed by atoms with van der Waals surface area (Å²) in [7, 11) is 1.48. The smallest absolute Gasteiger partial charge is 0.497 e. The van der Waals surface area contributed by atoms with E-state index in [9.17, 15) is 20.2 Å². The van der Waals surface area contributed by atoms with Crippen molar-refractivity contribution >= 4 is 11.6 Å². The summed E-state index contributed by atoms with van der Waals surface area (Å²) in [5.41, 5.74) is 0.427. The van der Waals surface area contributed by atoms with Gasteiger partial charge < -0.3 is 9.26 Å². The van der Waals surface area contributed by atoms with E-state index < -0.39 is 20.9 Å². The molecule has 0 bridgehead atoms. The van der Waals surface area contributed by atoms with Crippen molar-refractivity contribution in [3.63, 3.8) is 0 Å². The minimum atomic E-state index is -3.21. The molecule has 0 aliphatic heterocycles. The number of aromatic nitrogens is 2. The van der Waals surface area contributed by atoms with E-state index in [2.05, 4.69) is 14.7 Å². The molecular formula is C10H7ClN4O6. The first kappa shape index (κ1) is 14.7. The van der Waals surface area contributed by atoms with E-state index in [1.165, 1.54) is 7.11 Å². The SMILES string of the molecule is COc1ccc(-c2noc(C(Cl)([N+](=O)[O-])[N+](=O)[O-])n2)cc1. The summed E-state index contributed by atoms with van der Waals surface area (Å²) in [6.07, 6.45) is 0. The predicted octanol–water partition coefficient (Wildman–Crippen LogP) is 1.65. The van der Waals surface area contributed by atoms with Crippen molar-refractivity contribution in [2.75, 3.05) is 7.11 Å². The second-order valence-corrected chi connectivity index (χ2v) is 4.28. The van der Waals surface area contributed by atoms with Gasteiger partial charge in [0.05, 0.1) is 18.7 Å². The number of nitro groups is 2. The number of methoxy groups -OCH3 is 1. The highest BCUT2D eigenvalue weighted by molar-refractivity contribution is 6.21. The molecule has 0 unspecified atom stereocenters. The fourth-order valence-corrected chi connectivity index (χ4v) is 1.51. The Morgan fingerprint density at radius 3 is 2.29 bits per heavy atom. The van der Waals surface area contributed by atoms with Gasteiger partial charge >= 0.3 is 11.0 Å². The molecule has 2 aromatic rings. The summed E-state index contributed by atoms with van der Waals surface area (Å²) < 4.78 is 9.52. The molecule has 0 atom stereocenters. The van der Waals surface area contributed by atoms with Gasteiger partial charge in [-0.15, -0.1) is 0 Å². The van der Waals surface area contributed by atoms with Crippen molar-refractivity contribution < 1.29 is 19.1 Å². The van der Waals surface area contributed by atoms with E-state index in [0.717, 1.165) is 0 Å². The van der Waals surface area contributed by atoms with Crippen molar-refractivity contribution in [1.29, 1.82) is 0 Å². The first-order chi connectivity index (χ1) is 9.89. The average Bonchev–Trinajstić information content (AvgIpc) is 2.96. The Labute approximate surface area is 121 Å².